The SMILES string of the molecule is C[C@]1(C2CCN(Cc3ccc4cccnc4c3)CC2)NC(=O)N(Cc2ccsc2)C1=O. The van der Waals surface area contributed by atoms with Crippen molar-refractivity contribution in [2.75, 3.05) is 13.1 Å². The molecule has 2 aliphatic rings. The molecule has 0 radical (unpaired) electrons. The Bertz CT molecular complexity index is 1110. The zero-order valence-electron chi connectivity index (χ0n) is 17.6. The van der Waals surface area contributed by atoms with Gasteiger partial charge in [-0.25, -0.2) is 4.79 Å². The van der Waals surface area contributed by atoms with Gasteiger partial charge in [-0.3, -0.25) is 19.6 Å². The van der Waals surface area contributed by atoms with Gasteiger partial charge < -0.3 is 5.32 Å². The van der Waals surface area contributed by atoms with Crippen LogP contribution in [0.15, 0.2) is 53.4 Å². The number of amides is 3. The van der Waals surface area contributed by atoms with E-state index in [1.807, 2.05) is 36.0 Å². The Morgan fingerprint density at radius 1 is 1.13 bits per heavy atom. The van der Waals surface area contributed by atoms with Gasteiger partial charge in [-0.2, -0.15) is 11.3 Å². The van der Waals surface area contributed by atoms with Crippen molar-refractivity contribution in [3.63, 3.8) is 0 Å². The molecule has 1 N–H and O–H groups in total. The first-order valence-corrected chi connectivity index (χ1v) is 11.7. The third-order valence-electron chi connectivity index (χ3n) is 6.70. The van der Waals surface area contributed by atoms with Gasteiger partial charge in [0.25, 0.3) is 5.91 Å². The number of aromatic nitrogens is 1. The lowest BCUT2D eigenvalue weighted by atomic mass is 9.79. The number of benzene rings is 1. The number of nitrogens with one attached hydrogen (secondary N) is 1. The number of imide groups is 1. The number of nitrogens with zero attached hydrogens (tertiary/aromatic N) is 3. The quantitative estimate of drug-likeness (QED) is 0.616. The average molecular weight is 435 g/mol. The van der Waals surface area contributed by atoms with Gasteiger partial charge in [-0.1, -0.05) is 18.2 Å². The Morgan fingerprint density at radius 2 is 1.97 bits per heavy atom. The minimum Gasteiger partial charge on any atom is -0.323 e. The van der Waals surface area contributed by atoms with Crippen LogP contribution in [0.3, 0.4) is 0 Å². The van der Waals surface area contributed by atoms with Gasteiger partial charge in [-0.05, 0) is 78.9 Å². The van der Waals surface area contributed by atoms with E-state index in [4.69, 9.17) is 0 Å². The lowest BCUT2D eigenvalue weighted by molar-refractivity contribution is -0.133. The first-order chi connectivity index (χ1) is 15.0. The Kier molecular flexibility index (Phi) is 5.24. The molecular formula is C24H26N4O2S. The topological polar surface area (TPSA) is 65.5 Å². The molecule has 7 heteroatoms. The molecule has 2 fully saturated rings. The summed E-state index contributed by atoms with van der Waals surface area (Å²) in [6.07, 6.45) is 3.61. The average Bonchev–Trinajstić information content (AvgIpc) is 3.37. The van der Waals surface area contributed by atoms with E-state index >= 15 is 0 Å². The number of pyridine rings is 1. The van der Waals surface area contributed by atoms with Crippen LogP contribution >= 0.6 is 11.3 Å². The Balaban J connectivity index is 1.22. The van der Waals surface area contributed by atoms with Crippen LogP contribution in [0.2, 0.25) is 0 Å². The largest absolute Gasteiger partial charge is 0.325 e. The third kappa shape index (κ3) is 3.83. The van der Waals surface area contributed by atoms with Gasteiger partial charge in [0.15, 0.2) is 0 Å². The number of urea groups is 1. The second-order valence-corrected chi connectivity index (χ2v) is 9.52. The van der Waals surface area contributed by atoms with Gasteiger partial charge >= 0.3 is 6.03 Å². The van der Waals surface area contributed by atoms with Crippen molar-refractivity contribution in [3.05, 3.63) is 64.5 Å². The molecule has 1 aromatic carbocycles. The molecule has 0 saturated carbocycles. The second-order valence-electron chi connectivity index (χ2n) is 8.74. The van der Waals surface area contributed by atoms with Crippen molar-refractivity contribution in [2.24, 2.45) is 5.92 Å². The second kappa shape index (κ2) is 8.05. The maximum Gasteiger partial charge on any atom is 0.325 e. The number of piperidine rings is 1. The summed E-state index contributed by atoms with van der Waals surface area (Å²) in [7, 11) is 0. The van der Waals surface area contributed by atoms with Crippen molar-refractivity contribution in [3.8, 4) is 0 Å². The molecular weight excluding hydrogens is 408 g/mol. The number of rotatable bonds is 5. The van der Waals surface area contributed by atoms with Crippen LogP contribution < -0.4 is 5.32 Å². The highest BCUT2D eigenvalue weighted by Crippen LogP contribution is 2.34. The summed E-state index contributed by atoms with van der Waals surface area (Å²) in [6, 6.07) is 12.2. The molecule has 4 heterocycles. The number of hydrogen-bond donors (Lipinski definition) is 1. The fourth-order valence-electron chi connectivity index (χ4n) is 4.84. The molecule has 2 aromatic heterocycles. The zero-order chi connectivity index (χ0) is 21.4. The van der Waals surface area contributed by atoms with Gasteiger partial charge in [0.05, 0.1) is 12.1 Å². The van der Waals surface area contributed by atoms with Crippen LogP contribution in [0.25, 0.3) is 10.9 Å². The fraction of sp³-hybridized carbons (Fsp3) is 0.375. The summed E-state index contributed by atoms with van der Waals surface area (Å²) in [5.41, 5.74) is 2.46. The monoisotopic (exact) mass is 434 g/mol. The van der Waals surface area contributed by atoms with Crippen LogP contribution in [0.1, 0.15) is 30.9 Å². The predicted octanol–water partition coefficient (Wildman–Crippen LogP) is 4.02. The van der Waals surface area contributed by atoms with Crippen molar-refractivity contribution >= 4 is 34.2 Å². The molecule has 2 saturated heterocycles. The van der Waals surface area contributed by atoms with Crippen molar-refractivity contribution < 1.29 is 9.59 Å². The van der Waals surface area contributed by atoms with E-state index in [0.29, 0.717) is 6.54 Å². The van der Waals surface area contributed by atoms with Gasteiger partial charge in [0.1, 0.15) is 5.54 Å². The highest BCUT2D eigenvalue weighted by molar-refractivity contribution is 7.07. The molecule has 6 nitrogen and oxygen atoms in total. The predicted molar refractivity (Wildman–Crippen MR) is 122 cm³/mol. The highest BCUT2D eigenvalue weighted by Gasteiger charge is 2.52. The Labute approximate surface area is 185 Å². The Morgan fingerprint density at radius 3 is 2.74 bits per heavy atom. The maximum absolute atomic E-state index is 13.2. The molecule has 1 atom stereocenters. The number of likely N-dealkylation sites (tertiary alicyclic amines) is 1. The lowest BCUT2D eigenvalue weighted by Crippen LogP contribution is -2.53. The normalized spacial score (nSPS) is 22.9. The first kappa shape index (κ1) is 20.2. The van der Waals surface area contributed by atoms with Gasteiger partial charge in [-0.15, -0.1) is 0 Å². The van der Waals surface area contributed by atoms with E-state index in [9.17, 15) is 9.59 Å². The molecule has 160 valence electrons. The molecule has 0 spiro atoms. The molecule has 3 aromatic rings. The summed E-state index contributed by atoms with van der Waals surface area (Å²) in [4.78, 5) is 34.0. The standard InChI is InChI=1S/C24H26N4O2S/c1-24(22(29)28(23(30)26-24)15-18-8-12-31-16-18)20-6-10-27(11-7-20)14-17-4-5-19-3-2-9-25-21(19)13-17/h2-5,8-9,12-13,16,20H,6-7,10-11,14-15H2,1H3,(H,26,30)/t24-/m1/s1. The van der Waals surface area contributed by atoms with E-state index in [2.05, 4.69) is 39.5 Å². The molecule has 0 unspecified atom stereocenters. The van der Waals surface area contributed by atoms with Crippen molar-refractivity contribution in [1.82, 2.24) is 20.1 Å². The number of hydrogen-bond acceptors (Lipinski definition) is 5. The summed E-state index contributed by atoms with van der Waals surface area (Å²) in [6.45, 7) is 4.94. The van der Waals surface area contributed by atoms with Gasteiger partial charge in [0.2, 0.25) is 0 Å². The molecule has 0 bridgehead atoms. The molecule has 2 aliphatic heterocycles. The molecule has 31 heavy (non-hydrogen) atoms. The minimum atomic E-state index is -0.813. The number of carbonyl (C=O) groups is 2. The van der Waals surface area contributed by atoms with Crippen molar-refractivity contribution in [2.45, 2.75) is 38.4 Å². The summed E-state index contributed by atoms with van der Waals surface area (Å²) < 4.78 is 0. The first-order valence-electron chi connectivity index (χ1n) is 10.7. The molecule has 5 rings (SSSR count). The van der Waals surface area contributed by atoms with Crippen LogP contribution in [-0.4, -0.2) is 45.4 Å². The summed E-state index contributed by atoms with van der Waals surface area (Å²) in [5.74, 6) is 0.0497. The maximum atomic E-state index is 13.2. The summed E-state index contributed by atoms with van der Waals surface area (Å²) in [5, 5.41) is 8.11. The van der Waals surface area contributed by atoms with Crippen molar-refractivity contribution in [1.29, 1.82) is 0 Å². The number of fused-ring (bicyclic) bond motifs is 1. The lowest BCUT2D eigenvalue weighted by Gasteiger charge is -2.39. The van der Waals surface area contributed by atoms with E-state index in [0.717, 1.165) is 48.9 Å². The van der Waals surface area contributed by atoms with Crippen LogP contribution in [0, 0.1) is 5.92 Å². The molecule has 3 amide bonds. The van der Waals surface area contributed by atoms with E-state index in [1.165, 1.54) is 10.5 Å². The third-order valence-corrected chi connectivity index (χ3v) is 7.43. The number of carbonyl (C=O) groups excluding carboxylic acids is 2. The Hall–Kier alpha value is -2.77. The fourth-order valence-corrected chi connectivity index (χ4v) is 5.50. The van der Waals surface area contributed by atoms with Gasteiger partial charge in [0, 0.05) is 18.1 Å². The zero-order valence-corrected chi connectivity index (χ0v) is 18.4. The number of thiophene rings is 1. The highest BCUT2D eigenvalue weighted by atomic mass is 32.1. The van der Waals surface area contributed by atoms with E-state index in [-0.39, 0.29) is 17.9 Å². The summed E-state index contributed by atoms with van der Waals surface area (Å²) >= 11 is 1.58. The van der Waals surface area contributed by atoms with E-state index in [1.54, 1.807) is 11.3 Å². The van der Waals surface area contributed by atoms with Crippen LogP contribution in [-0.2, 0) is 17.9 Å². The molecule has 0 aliphatic carbocycles. The minimum absolute atomic E-state index is 0.0947. The smallest absolute Gasteiger partial charge is 0.323 e. The van der Waals surface area contributed by atoms with Crippen LogP contribution in [0.5, 0.6) is 0 Å². The van der Waals surface area contributed by atoms with E-state index < -0.39 is 5.54 Å². The van der Waals surface area contributed by atoms with Crippen LogP contribution in [0.4, 0.5) is 4.79 Å².